The van der Waals surface area contributed by atoms with Gasteiger partial charge in [0.25, 0.3) is 0 Å². The summed E-state index contributed by atoms with van der Waals surface area (Å²) in [5.41, 5.74) is 4.29. The topological polar surface area (TPSA) is 97.3 Å². The molecule has 30 heavy (non-hydrogen) atoms. The first-order chi connectivity index (χ1) is 14.1. The normalized spacial score (nSPS) is 17.7. The van der Waals surface area contributed by atoms with Crippen LogP contribution in [-0.4, -0.2) is 35.2 Å². The van der Waals surface area contributed by atoms with E-state index >= 15 is 0 Å². The summed E-state index contributed by atoms with van der Waals surface area (Å²) < 4.78 is 7.49. The summed E-state index contributed by atoms with van der Waals surface area (Å²) >= 11 is 0. The van der Waals surface area contributed by atoms with Crippen LogP contribution in [0.1, 0.15) is 55.5 Å². The molecule has 2 aromatic rings. The Balaban J connectivity index is 0.00000256. The summed E-state index contributed by atoms with van der Waals surface area (Å²) in [6.45, 7) is 4.59. The third-order valence-electron chi connectivity index (χ3n) is 5.43. The van der Waals surface area contributed by atoms with Crippen molar-refractivity contribution < 1.29 is 14.3 Å². The van der Waals surface area contributed by atoms with Gasteiger partial charge in [-0.1, -0.05) is 6.92 Å². The fourth-order valence-corrected chi connectivity index (χ4v) is 4.01. The van der Waals surface area contributed by atoms with E-state index in [4.69, 9.17) is 9.84 Å². The summed E-state index contributed by atoms with van der Waals surface area (Å²) in [4.78, 5) is 24.5. The molecule has 0 spiro atoms. The van der Waals surface area contributed by atoms with Crippen molar-refractivity contribution in [1.82, 2.24) is 15.1 Å². The van der Waals surface area contributed by atoms with Gasteiger partial charge in [-0.15, -0.1) is 12.4 Å². The molecule has 2 aliphatic heterocycles. The molecule has 9 heteroatoms. The van der Waals surface area contributed by atoms with Crippen LogP contribution < -0.4 is 20.7 Å². The Labute approximate surface area is 182 Å². The first kappa shape index (κ1) is 22.1. The molecular weight excluding hydrogens is 406 g/mol. The van der Waals surface area contributed by atoms with Crippen molar-refractivity contribution in [2.45, 2.75) is 51.6 Å². The van der Waals surface area contributed by atoms with Gasteiger partial charge in [0.2, 0.25) is 11.8 Å². The van der Waals surface area contributed by atoms with Crippen LogP contribution in [-0.2, 0) is 22.7 Å². The zero-order chi connectivity index (χ0) is 20.4. The molecule has 3 heterocycles. The van der Waals surface area contributed by atoms with Gasteiger partial charge in [-0.3, -0.25) is 14.3 Å². The zero-order valence-corrected chi connectivity index (χ0v) is 18.1. The molecule has 1 aromatic heterocycles. The van der Waals surface area contributed by atoms with Crippen LogP contribution in [0.5, 0.6) is 5.75 Å². The minimum Gasteiger partial charge on any atom is -0.494 e. The van der Waals surface area contributed by atoms with Crippen molar-refractivity contribution in [3.8, 4) is 5.75 Å². The summed E-state index contributed by atoms with van der Waals surface area (Å²) in [7, 11) is 1.55. The van der Waals surface area contributed by atoms with E-state index in [1.807, 2.05) is 17.7 Å². The van der Waals surface area contributed by atoms with Gasteiger partial charge >= 0.3 is 0 Å². The van der Waals surface area contributed by atoms with Gasteiger partial charge in [0.15, 0.2) is 0 Å². The van der Waals surface area contributed by atoms with Crippen molar-refractivity contribution in [3.63, 3.8) is 0 Å². The van der Waals surface area contributed by atoms with Crippen molar-refractivity contribution in [2.75, 3.05) is 24.3 Å². The zero-order valence-electron chi connectivity index (χ0n) is 17.3. The predicted molar refractivity (Wildman–Crippen MR) is 117 cm³/mol. The second-order valence-corrected chi connectivity index (χ2v) is 7.56. The number of hydrogen-bond donors (Lipinski definition) is 3. The van der Waals surface area contributed by atoms with Gasteiger partial charge < -0.3 is 20.7 Å². The Morgan fingerprint density at radius 2 is 2.20 bits per heavy atom. The van der Waals surface area contributed by atoms with Crippen molar-refractivity contribution in [2.24, 2.45) is 0 Å². The third kappa shape index (κ3) is 4.44. The molecule has 1 atom stereocenters. The molecule has 0 fully saturated rings. The van der Waals surface area contributed by atoms with Crippen LogP contribution in [0, 0.1) is 0 Å². The summed E-state index contributed by atoms with van der Waals surface area (Å²) in [6, 6.07) is 5.78. The highest BCUT2D eigenvalue weighted by Gasteiger charge is 2.31. The lowest BCUT2D eigenvalue weighted by Crippen LogP contribution is -2.24. The minimum atomic E-state index is -0.161. The van der Waals surface area contributed by atoms with Gasteiger partial charge in [0, 0.05) is 43.6 Å². The molecule has 2 amide bonds. The van der Waals surface area contributed by atoms with Crippen molar-refractivity contribution in [3.05, 3.63) is 35.2 Å². The molecule has 8 nitrogen and oxygen atoms in total. The molecule has 1 aromatic carbocycles. The second-order valence-electron chi connectivity index (χ2n) is 7.56. The number of aryl methyl sites for hydroxylation is 1. The fourth-order valence-electron chi connectivity index (χ4n) is 4.01. The number of anilines is 2. The molecule has 4 rings (SSSR count). The number of nitrogens with one attached hydrogen (secondary N) is 3. The van der Waals surface area contributed by atoms with E-state index in [2.05, 4.69) is 22.0 Å². The number of fused-ring (bicyclic) bond motifs is 2. The van der Waals surface area contributed by atoms with Crippen LogP contribution in [0.15, 0.2) is 18.2 Å². The molecular formula is C21H28ClN5O3. The minimum absolute atomic E-state index is 0. The van der Waals surface area contributed by atoms with E-state index in [9.17, 15) is 9.59 Å². The van der Waals surface area contributed by atoms with E-state index in [0.717, 1.165) is 49.4 Å². The number of benzene rings is 1. The highest BCUT2D eigenvalue weighted by molar-refractivity contribution is 5.98. The Morgan fingerprint density at radius 3 is 2.97 bits per heavy atom. The largest absolute Gasteiger partial charge is 0.494 e. The van der Waals surface area contributed by atoms with Crippen molar-refractivity contribution >= 4 is 35.6 Å². The summed E-state index contributed by atoms with van der Waals surface area (Å²) in [5, 5.41) is 14.1. The van der Waals surface area contributed by atoms with Gasteiger partial charge in [0.05, 0.1) is 24.2 Å². The first-order valence-corrected chi connectivity index (χ1v) is 10.2. The Hall–Kier alpha value is -2.58. The van der Waals surface area contributed by atoms with Crippen LogP contribution in [0.3, 0.4) is 0 Å². The maximum Gasteiger partial charge on any atom is 0.225 e. The molecule has 162 valence electrons. The van der Waals surface area contributed by atoms with Gasteiger partial charge in [-0.25, -0.2) is 0 Å². The van der Waals surface area contributed by atoms with E-state index in [0.29, 0.717) is 30.0 Å². The molecule has 0 saturated heterocycles. The number of ether oxygens (including phenoxy) is 1. The summed E-state index contributed by atoms with van der Waals surface area (Å²) in [5.74, 6) is 0.264. The summed E-state index contributed by atoms with van der Waals surface area (Å²) in [6.07, 6.45) is 2.57. The number of amides is 2. The van der Waals surface area contributed by atoms with Crippen molar-refractivity contribution in [1.29, 1.82) is 0 Å². The monoisotopic (exact) mass is 433 g/mol. The van der Waals surface area contributed by atoms with Gasteiger partial charge in [0.1, 0.15) is 5.75 Å². The average molecular weight is 434 g/mol. The van der Waals surface area contributed by atoms with Crippen LogP contribution in [0.25, 0.3) is 0 Å². The Bertz CT molecular complexity index is 919. The van der Waals surface area contributed by atoms with Crippen LogP contribution >= 0.6 is 12.4 Å². The van der Waals surface area contributed by atoms with E-state index < -0.39 is 0 Å². The molecule has 1 unspecified atom stereocenters. The lowest BCUT2D eigenvalue weighted by Gasteiger charge is -2.26. The Kier molecular flexibility index (Phi) is 6.99. The van der Waals surface area contributed by atoms with Gasteiger partial charge in [-0.2, -0.15) is 5.10 Å². The van der Waals surface area contributed by atoms with Crippen LogP contribution in [0.2, 0.25) is 0 Å². The second kappa shape index (κ2) is 9.49. The van der Waals surface area contributed by atoms with Gasteiger partial charge in [-0.05, 0) is 37.1 Å². The quantitative estimate of drug-likeness (QED) is 0.673. The maximum absolute atomic E-state index is 12.4. The average Bonchev–Trinajstić information content (AvgIpc) is 2.97. The predicted octanol–water partition coefficient (Wildman–Crippen LogP) is 3.02. The first-order valence-electron chi connectivity index (χ1n) is 10.2. The molecule has 0 saturated carbocycles. The van der Waals surface area contributed by atoms with E-state index in [1.165, 1.54) is 0 Å². The number of halogens is 1. The number of carbonyl (C=O) groups is 2. The number of hydrogen-bond acceptors (Lipinski definition) is 5. The number of rotatable bonds is 5. The highest BCUT2D eigenvalue weighted by Crippen LogP contribution is 2.42. The lowest BCUT2D eigenvalue weighted by atomic mass is 9.87. The van der Waals surface area contributed by atoms with E-state index in [1.54, 1.807) is 13.2 Å². The standard InChI is InChI=1S/C21H27N5O3.ClH/c1-3-5-20(27)24-18-9-14-15(10-21(28)23-16(14)11-19(18)29-2)17-8-13-12-22-6-4-7-26(13)25-17;/h8-9,11,15,22H,3-7,10,12H2,1-2H3,(H,23,28)(H,24,27);1H. The molecule has 0 aliphatic carbocycles. The van der Waals surface area contributed by atoms with Crippen LogP contribution in [0.4, 0.5) is 11.4 Å². The molecule has 0 bridgehead atoms. The molecule has 0 radical (unpaired) electrons. The Morgan fingerprint density at radius 1 is 1.37 bits per heavy atom. The molecule has 3 N–H and O–H groups in total. The smallest absolute Gasteiger partial charge is 0.225 e. The number of methoxy groups -OCH3 is 1. The SMILES string of the molecule is CCCC(=O)Nc1cc2c(cc1OC)NC(=O)CC2c1cc2n(n1)CCCNC2.Cl. The third-order valence-corrected chi connectivity index (χ3v) is 5.43. The molecule has 2 aliphatic rings. The fraction of sp³-hybridized carbons (Fsp3) is 0.476. The lowest BCUT2D eigenvalue weighted by molar-refractivity contribution is -0.117. The maximum atomic E-state index is 12.4. The number of carbonyl (C=O) groups excluding carboxylic acids is 2. The van der Waals surface area contributed by atoms with E-state index in [-0.39, 0.29) is 30.1 Å². The number of aromatic nitrogens is 2. The highest BCUT2D eigenvalue weighted by atomic mass is 35.5. The number of nitrogens with zero attached hydrogens (tertiary/aromatic N) is 2.